The lowest BCUT2D eigenvalue weighted by Crippen LogP contribution is -2.12. The van der Waals surface area contributed by atoms with Gasteiger partial charge in [-0.1, -0.05) is 0 Å². The third kappa shape index (κ3) is 1.25. The average Bonchev–Trinajstić information content (AvgIpc) is 2.61. The molecule has 0 atom stereocenters. The molecule has 0 bridgehead atoms. The van der Waals surface area contributed by atoms with Gasteiger partial charge in [0.1, 0.15) is 16.7 Å². The Balaban J connectivity index is 2.62. The topological polar surface area (TPSA) is 49.8 Å². The van der Waals surface area contributed by atoms with Crippen LogP contribution in [0.25, 0.3) is 11.1 Å². The number of hydrogen-bond acceptors (Lipinski definition) is 3. The zero-order chi connectivity index (χ0) is 10.2. The summed E-state index contributed by atoms with van der Waals surface area (Å²) in [5.74, 6) is 0.661. The summed E-state index contributed by atoms with van der Waals surface area (Å²) in [5.41, 5.74) is 0.928. The van der Waals surface area contributed by atoms with E-state index in [4.69, 9.17) is 9.68 Å². The van der Waals surface area contributed by atoms with Crippen molar-refractivity contribution in [3.63, 3.8) is 0 Å². The molecule has 0 spiro atoms. The van der Waals surface area contributed by atoms with E-state index in [1.807, 2.05) is 32.0 Å². The highest BCUT2D eigenvalue weighted by atomic mass is 16.3. The van der Waals surface area contributed by atoms with Crippen molar-refractivity contribution in [1.82, 2.24) is 4.98 Å². The Morgan fingerprint density at radius 3 is 2.93 bits per heavy atom. The molecule has 2 rings (SSSR count). The van der Waals surface area contributed by atoms with Crippen molar-refractivity contribution in [3.05, 3.63) is 30.2 Å². The normalized spacial score (nSPS) is 11.5. The number of rotatable bonds is 1. The number of nitrogens with zero attached hydrogens (tertiary/aromatic N) is 2. The van der Waals surface area contributed by atoms with Crippen LogP contribution >= 0.6 is 0 Å². The molecular weight excluding hydrogens is 176 g/mol. The van der Waals surface area contributed by atoms with Crippen LogP contribution in [-0.2, 0) is 5.41 Å². The fraction of sp³-hybridized carbons (Fsp3) is 0.273. The molecule has 3 nitrogen and oxygen atoms in total. The summed E-state index contributed by atoms with van der Waals surface area (Å²) in [4.78, 5) is 4.15. The summed E-state index contributed by atoms with van der Waals surface area (Å²) in [6.07, 6.45) is 1.71. The van der Waals surface area contributed by atoms with Crippen LogP contribution in [0, 0.1) is 11.3 Å². The van der Waals surface area contributed by atoms with Gasteiger partial charge < -0.3 is 4.42 Å². The predicted octanol–water partition coefficient (Wildman–Crippen LogP) is 2.63. The Bertz CT molecular complexity index is 472. The molecule has 0 fully saturated rings. The fourth-order valence-electron chi connectivity index (χ4n) is 1.23. The molecule has 70 valence electrons. The summed E-state index contributed by atoms with van der Waals surface area (Å²) in [6, 6.07) is 7.68. The van der Waals surface area contributed by atoms with Gasteiger partial charge in [-0.05, 0) is 26.0 Å². The second-order valence-electron chi connectivity index (χ2n) is 3.73. The number of pyridine rings is 1. The van der Waals surface area contributed by atoms with Crippen LogP contribution in [-0.4, -0.2) is 4.98 Å². The molecule has 0 radical (unpaired) electrons. The van der Waals surface area contributed by atoms with E-state index in [1.165, 1.54) is 0 Å². The molecule has 0 aliphatic carbocycles. The molecule has 0 aliphatic heterocycles. The molecular formula is C11H10N2O. The number of nitriles is 1. The second-order valence-corrected chi connectivity index (χ2v) is 3.73. The van der Waals surface area contributed by atoms with Crippen LogP contribution < -0.4 is 0 Å². The highest BCUT2D eigenvalue weighted by Gasteiger charge is 2.24. The first kappa shape index (κ1) is 8.76. The molecule has 0 N–H and O–H groups in total. The van der Waals surface area contributed by atoms with E-state index in [2.05, 4.69) is 11.1 Å². The van der Waals surface area contributed by atoms with Gasteiger partial charge >= 0.3 is 0 Å². The van der Waals surface area contributed by atoms with Gasteiger partial charge in [0, 0.05) is 12.3 Å². The lowest BCUT2D eigenvalue weighted by molar-refractivity contribution is 0.470. The van der Waals surface area contributed by atoms with E-state index < -0.39 is 5.41 Å². The third-order valence-electron chi connectivity index (χ3n) is 2.18. The summed E-state index contributed by atoms with van der Waals surface area (Å²) >= 11 is 0. The van der Waals surface area contributed by atoms with Crippen molar-refractivity contribution in [1.29, 1.82) is 5.26 Å². The van der Waals surface area contributed by atoms with Crippen molar-refractivity contribution < 1.29 is 4.42 Å². The lowest BCUT2D eigenvalue weighted by Gasteiger charge is -2.09. The molecule has 2 heterocycles. The van der Waals surface area contributed by atoms with Crippen molar-refractivity contribution >= 4 is 11.1 Å². The van der Waals surface area contributed by atoms with Crippen molar-refractivity contribution in [3.8, 4) is 6.07 Å². The summed E-state index contributed by atoms with van der Waals surface area (Å²) < 4.78 is 5.54. The highest BCUT2D eigenvalue weighted by Crippen LogP contribution is 2.27. The van der Waals surface area contributed by atoms with E-state index in [9.17, 15) is 0 Å². The predicted molar refractivity (Wildman–Crippen MR) is 52.6 cm³/mol. The van der Waals surface area contributed by atoms with Gasteiger partial charge in [0.15, 0.2) is 5.58 Å². The summed E-state index contributed by atoms with van der Waals surface area (Å²) in [5, 5.41) is 8.94. The summed E-state index contributed by atoms with van der Waals surface area (Å²) in [6.45, 7) is 3.65. The second kappa shape index (κ2) is 2.85. The molecule has 2 aromatic rings. The van der Waals surface area contributed by atoms with Gasteiger partial charge in [-0.15, -0.1) is 0 Å². The Kier molecular flexibility index (Phi) is 1.78. The van der Waals surface area contributed by atoms with Gasteiger partial charge in [0.05, 0.1) is 6.07 Å². The largest absolute Gasteiger partial charge is 0.458 e. The molecule has 0 saturated heterocycles. The zero-order valence-electron chi connectivity index (χ0n) is 8.11. The fourth-order valence-corrected chi connectivity index (χ4v) is 1.23. The number of furan rings is 1. The third-order valence-corrected chi connectivity index (χ3v) is 2.18. The smallest absolute Gasteiger partial charge is 0.152 e. The van der Waals surface area contributed by atoms with Crippen LogP contribution in [0.15, 0.2) is 28.8 Å². The maximum atomic E-state index is 8.94. The van der Waals surface area contributed by atoms with Gasteiger partial charge in [0.2, 0.25) is 0 Å². The summed E-state index contributed by atoms with van der Waals surface area (Å²) in [7, 11) is 0. The van der Waals surface area contributed by atoms with Crippen LogP contribution in [0.2, 0.25) is 0 Å². The van der Waals surface area contributed by atoms with E-state index in [0.717, 1.165) is 11.1 Å². The van der Waals surface area contributed by atoms with Crippen molar-refractivity contribution in [2.45, 2.75) is 19.3 Å². The van der Waals surface area contributed by atoms with E-state index in [0.29, 0.717) is 5.76 Å². The van der Waals surface area contributed by atoms with Crippen LogP contribution in [0.5, 0.6) is 0 Å². The minimum atomic E-state index is -0.597. The quantitative estimate of drug-likeness (QED) is 0.687. The molecule has 0 saturated carbocycles. The van der Waals surface area contributed by atoms with E-state index in [-0.39, 0.29) is 0 Å². The Labute approximate surface area is 82.0 Å². The Morgan fingerprint density at radius 2 is 2.29 bits per heavy atom. The zero-order valence-corrected chi connectivity index (χ0v) is 8.11. The molecule has 0 aliphatic rings. The van der Waals surface area contributed by atoms with Gasteiger partial charge in [-0.3, -0.25) is 4.98 Å². The first-order valence-electron chi connectivity index (χ1n) is 4.40. The Hall–Kier alpha value is -1.82. The monoisotopic (exact) mass is 186 g/mol. The van der Waals surface area contributed by atoms with E-state index >= 15 is 0 Å². The maximum Gasteiger partial charge on any atom is 0.152 e. The number of aromatic nitrogens is 1. The van der Waals surface area contributed by atoms with Crippen LogP contribution in [0.4, 0.5) is 0 Å². The first-order valence-corrected chi connectivity index (χ1v) is 4.40. The standard InChI is InChI=1S/C11H10N2O/c1-11(2,7-12)10-6-8-9(14-10)4-3-5-13-8/h3-6H,1-2H3. The van der Waals surface area contributed by atoms with Gasteiger partial charge in [0.25, 0.3) is 0 Å². The van der Waals surface area contributed by atoms with Crippen molar-refractivity contribution in [2.24, 2.45) is 0 Å². The first-order chi connectivity index (χ1) is 6.63. The molecule has 0 unspecified atom stereocenters. The lowest BCUT2D eigenvalue weighted by atomic mass is 9.93. The van der Waals surface area contributed by atoms with Crippen molar-refractivity contribution in [2.75, 3.05) is 0 Å². The van der Waals surface area contributed by atoms with Crippen LogP contribution in [0.1, 0.15) is 19.6 Å². The highest BCUT2D eigenvalue weighted by molar-refractivity contribution is 5.73. The van der Waals surface area contributed by atoms with Gasteiger partial charge in [-0.2, -0.15) is 5.26 Å². The maximum absolute atomic E-state index is 8.94. The average molecular weight is 186 g/mol. The molecule has 0 aromatic carbocycles. The van der Waals surface area contributed by atoms with Gasteiger partial charge in [-0.25, -0.2) is 0 Å². The van der Waals surface area contributed by atoms with Crippen LogP contribution in [0.3, 0.4) is 0 Å². The molecule has 0 amide bonds. The SMILES string of the molecule is CC(C)(C#N)c1cc2ncccc2o1. The minimum absolute atomic E-state index is 0.597. The Morgan fingerprint density at radius 1 is 1.50 bits per heavy atom. The molecule has 3 heteroatoms. The number of fused-ring (bicyclic) bond motifs is 1. The number of hydrogen-bond donors (Lipinski definition) is 0. The minimum Gasteiger partial charge on any atom is -0.458 e. The molecule has 2 aromatic heterocycles. The molecule has 14 heavy (non-hydrogen) atoms. The van der Waals surface area contributed by atoms with E-state index in [1.54, 1.807) is 6.20 Å².